The molecule has 3 rings (SSSR count). The maximum Gasteiger partial charge on any atom is 0.244 e. The van der Waals surface area contributed by atoms with Crippen LogP contribution in [0.3, 0.4) is 0 Å². The molecule has 0 amide bonds. The number of hydrogen-bond donors (Lipinski definition) is 0. The highest BCUT2D eigenvalue weighted by molar-refractivity contribution is 7.89. The summed E-state index contributed by atoms with van der Waals surface area (Å²) < 4.78 is 37.8. The number of sulfonamides is 1. The van der Waals surface area contributed by atoms with Gasteiger partial charge in [0.25, 0.3) is 0 Å². The molecule has 0 saturated heterocycles. The molecule has 2 heterocycles. The van der Waals surface area contributed by atoms with Gasteiger partial charge in [0, 0.05) is 10.0 Å². The van der Waals surface area contributed by atoms with Crippen LogP contribution < -0.4 is 0 Å². The van der Waals surface area contributed by atoms with Crippen molar-refractivity contribution in [1.29, 1.82) is 0 Å². The van der Waals surface area contributed by atoms with E-state index < -0.39 is 10.0 Å². The van der Waals surface area contributed by atoms with Crippen molar-refractivity contribution in [2.45, 2.75) is 18.0 Å². The molecule has 8 heteroatoms. The predicted molar refractivity (Wildman–Crippen MR) is 90.3 cm³/mol. The van der Waals surface area contributed by atoms with E-state index in [1.807, 2.05) is 0 Å². The molecule has 0 unspecified atom stereocenters. The zero-order valence-corrected chi connectivity index (χ0v) is 14.7. The standard InChI is InChI=1S/C16H13Cl2NO4S/c17-12-7-13(18)9-16(8-12)24(20,21)19(10-14-3-1-5-22-14)11-15-4-2-6-23-15/h1-9H,10-11H2. The normalized spacial score (nSPS) is 12.0. The molecule has 0 aliphatic heterocycles. The van der Waals surface area contributed by atoms with E-state index in [4.69, 9.17) is 32.0 Å². The summed E-state index contributed by atoms with van der Waals surface area (Å²) in [7, 11) is -3.85. The van der Waals surface area contributed by atoms with Crippen LogP contribution in [0.15, 0.2) is 68.7 Å². The van der Waals surface area contributed by atoms with Gasteiger partial charge < -0.3 is 8.83 Å². The number of nitrogens with zero attached hydrogens (tertiary/aromatic N) is 1. The molecule has 0 atom stereocenters. The SMILES string of the molecule is O=S(=O)(c1cc(Cl)cc(Cl)c1)N(Cc1ccco1)Cc1ccco1. The summed E-state index contributed by atoms with van der Waals surface area (Å²) in [6.07, 6.45) is 2.98. The molecule has 1 aromatic carbocycles. The van der Waals surface area contributed by atoms with Crippen LogP contribution in [0.25, 0.3) is 0 Å². The lowest BCUT2D eigenvalue weighted by Crippen LogP contribution is -2.30. The molecular formula is C16H13Cl2NO4S. The van der Waals surface area contributed by atoms with Crippen LogP contribution >= 0.6 is 23.2 Å². The maximum atomic E-state index is 13.0. The molecule has 126 valence electrons. The molecule has 24 heavy (non-hydrogen) atoms. The monoisotopic (exact) mass is 385 g/mol. The van der Waals surface area contributed by atoms with E-state index in [1.54, 1.807) is 24.3 Å². The Bertz CT molecular complexity index is 849. The Morgan fingerprint density at radius 2 is 1.38 bits per heavy atom. The summed E-state index contributed by atoms with van der Waals surface area (Å²) in [5.74, 6) is 1.02. The van der Waals surface area contributed by atoms with Gasteiger partial charge in [-0.3, -0.25) is 0 Å². The summed E-state index contributed by atoms with van der Waals surface area (Å²) in [5, 5.41) is 0.494. The Morgan fingerprint density at radius 3 is 1.79 bits per heavy atom. The number of hydrogen-bond acceptors (Lipinski definition) is 4. The molecule has 0 aliphatic carbocycles. The van der Waals surface area contributed by atoms with Crippen molar-refractivity contribution in [2.24, 2.45) is 0 Å². The number of rotatable bonds is 6. The Morgan fingerprint density at radius 1 is 0.875 bits per heavy atom. The minimum Gasteiger partial charge on any atom is -0.468 e. The first-order valence-corrected chi connectivity index (χ1v) is 9.16. The van der Waals surface area contributed by atoms with Crippen LogP contribution in [-0.2, 0) is 23.1 Å². The summed E-state index contributed by atoms with van der Waals surface area (Å²) in [5.41, 5.74) is 0. The highest BCUT2D eigenvalue weighted by Crippen LogP contribution is 2.27. The first-order valence-electron chi connectivity index (χ1n) is 6.96. The summed E-state index contributed by atoms with van der Waals surface area (Å²) in [4.78, 5) is 0.0121. The van der Waals surface area contributed by atoms with E-state index >= 15 is 0 Å². The molecule has 0 bridgehead atoms. The Balaban J connectivity index is 1.98. The van der Waals surface area contributed by atoms with E-state index in [-0.39, 0.29) is 28.0 Å². The van der Waals surface area contributed by atoms with Gasteiger partial charge in [0.05, 0.1) is 30.5 Å². The van der Waals surface area contributed by atoms with Crippen LogP contribution in [-0.4, -0.2) is 12.7 Å². The molecule has 0 aliphatic rings. The summed E-state index contributed by atoms with van der Waals surface area (Å²) >= 11 is 11.9. The smallest absolute Gasteiger partial charge is 0.244 e. The van der Waals surface area contributed by atoms with Crippen LogP contribution in [0.2, 0.25) is 10.0 Å². The van der Waals surface area contributed by atoms with Gasteiger partial charge in [-0.15, -0.1) is 0 Å². The van der Waals surface area contributed by atoms with Gasteiger partial charge in [-0.25, -0.2) is 8.42 Å². The molecule has 5 nitrogen and oxygen atoms in total. The van der Waals surface area contributed by atoms with Crippen molar-refractivity contribution in [3.63, 3.8) is 0 Å². The lowest BCUT2D eigenvalue weighted by molar-refractivity contribution is 0.330. The molecule has 0 spiro atoms. The second kappa shape index (κ2) is 7.03. The molecule has 0 fully saturated rings. The van der Waals surface area contributed by atoms with Gasteiger partial charge in [0.2, 0.25) is 10.0 Å². The lowest BCUT2D eigenvalue weighted by atomic mass is 10.4. The first kappa shape index (κ1) is 17.1. The average molecular weight is 386 g/mol. The highest BCUT2D eigenvalue weighted by atomic mass is 35.5. The second-order valence-electron chi connectivity index (χ2n) is 5.04. The van der Waals surface area contributed by atoms with Gasteiger partial charge in [0.1, 0.15) is 11.5 Å². The largest absolute Gasteiger partial charge is 0.468 e. The summed E-state index contributed by atoms with van der Waals surface area (Å²) in [6.45, 7) is 0.111. The fourth-order valence-electron chi connectivity index (χ4n) is 2.21. The molecule has 2 aromatic heterocycles. The van der Waals surface area contributed by atoms with Crippen molar-refractivity contribution in [3.05, 3.63) is 76.6 Å². The van der Waals surface area contributed by atoms with E-state index in [0.29, 0.717) is 11.5 Å². The molecular weight excluding hydrogens is 373 g/mol. The molecule has 3 aromatic rings. The van der Waals surface area contributed by atoms with Gasteiger partial charge in [-0.1, -0.05) is 23.2 Å². The van der Waals surface area contributed by atoms with Gasteiger partial charge in [-0.05, 0) is 42.5 Å². The van der Waals surface area contributed by atoms with E-state index in [1.165, 1.54) is 35.0 Å². The van der Waals surface area contributed by atoms with E-state index in [2.05, 4.69) is 0 Å². The maximum absolute atomic E-state index is 13.0. The lowest BCUT2D eigenvalue weighted by Gasteiger charge is -2.20. The average Bonchev–Trinajstić information content (AvgIpc) is 3.19. The zero-order valence-electron chi connectivity index (χ0n) is 12.4. The third-order valence-corrected chi connectivity index (χ3v) is 5.50. The van der Waals surface area contributed by atoms with E-state index in [9.17, 15) is 8.42 Å². The van der Waals surface area contributed by atoms with Gasteiger partial charge in [0.15, 0.2) is 0 Å². The fourth-order valence-corrected chi connectivity index (χ4v) is 4.30. The Kier molecular flexibility index (Phi) is 5.01. The van der Waals surface area contributed by atoms with Crippen molar-refractivity contribution >= 4 is 33.2 Å². The van der Waals surface area contributed by atoms with Crippen LogP contribution in [0.1, 0.15) is 11.5 Å². The Hall–Kier alpha value is -1.73. The predicted octanol–water partition coefficient (Wildman–Crippen LogP) is 4.57. The third-order valence-electron chi connectivity index (χ3n) is 3.30. The molecule has 0 saturated carbocycles. The van der Waals surface area contributed by atoms with E-state index in [0.717, 1.165) is 0 Å². The van der Waals surface area contributed by atoms with Crippen LogP contribution in [0, 0.1) is 0 Å². The van der Waals surface area contributed by atoms with Crippen molar-refractivity contribution < 1.29 is 17.3 Å². The molecule has 0 radical (unpaired) electrons. The minimum atomic E-state index is -3.85. The van der Waals surface area contributed by atoms with Crippen molar-refractivity contribution in [2.75, 3.05) is 0 Å². The van der Waals surface area contributed by atoms with Gasteiger partial charge in [-0.2, -0.15) is 4.31 Å². The van der Waals surface area contributed by atoms with Crippen molar-refractivity contribution in [1.82, 2.24) is 4.31 Å². The summed E-state index contributed by atoms with van der Waals surface area (Å²) in [6, 6.07) is 11.0. The molecule has 0 N–H and O–H groups in total. The second-order valence-corrected chi connectivity index (χ2v) is 7.85. The topological polar surface area (TPSA) is 63.7 Å². The minimum absolute atomic E-state index is 0.0121. The van der Waals surface area contributed by atoms with Crippen molar-refractivity contribution in [3.8, 4) is 0 Å². The quantitative estimate of drug-likeness (QED) is 0.623. The number of benzene rings is 1. The van der Waals surface area contributed by atoms with Crippen LogP contribution in [0.4, 0.5) is 0 Å². The number of furan rings is 2. The number of halogens is 2. The van der Waals surface area contributed by atoms with Crippen LogP contribution in [0.5, 0.6) is 0 Å². The highest BCUT2D eigenvalue weighted by Gasteiger charge is 2.27. The zero-order chi connectivity index (χ0) is 17.2. The third kappa shape index (κ3) is 3.84. The Labute approximate surface area is 149 Å². The fraction of sp³-hybridized carbons (Fsp3) is 0.125. The van der Waals surface area contributed by atoms with Gasteiger partial charge >= 0.3 is 0 Å². The first-order chi connectivity index (χ1) is 11.4.